The highest BCUT2D eigenvalue weighted by Gasteiger charge is 2.26. The largest absolute Gasteiger partial charge is 0.332 e. The number of fused-ring (bicyclic) bond motifs is 1. The van der Waals surface area contributed by atoms with Crippen molar-refractivity contribution in [1.29, 1.82) is 0 Å². The third kappa shape index (κ3) is 2.84. The topological polar surface area (TPSA) is 78.0 Å². The number of carbonyl (C=O) groups excluding carboxylic acids is 1. The number of likely N-dealkylation sites (tertiary alicyclic amines) is 1. The number of aromatic amines is 1. The summed E-state index contributed by atoms with van der Waals surface area (Å²) in [6, 6.07) is 1.70. The molecule has 0 unspecified atom stereocenters. The Morgan fingerprint density at radius 1 is 1.22 bits per heavy atom. The molecule has 7 nitrogen and oxygen atoms in total. The van der Waals surface area contributed by atoms with Crippen LogP contribution in [0.5, 0.6) is 0 Å². The third-order valence-corrected chi connectivity index (χ3v) is 4.71. The van der Waals surface area contributed by atoms with E-state index < -0.39 is 0 Å². The standard InChI is InChI=1S/C16H20N6O/c23-16(12-3-5-17-18-9-12)22-8-4-13-14(19-20-15(13)11-22)10-21-6-1-2-7-21/h3,5,9H,1-2,4,6-8,10-11H2,(H,19,20). The van der Waals surface area contributed by atoms with E-state index in [1.807, 2.05) is 4.90 Å². The highest BCUT2D eigenvalue weighted by atomic mass is 16.2. The summed E-state index contributed by atoms with van der Waals surface area (Å²) >= 11 is 0. The molecule has 0 bridgehead atoms. The molecule has 1 saturated heterocycles. The SMILES string of the molecule is O=C(c1ccnnc1)N1CCc2c(CN3CCCC3)n[nH]c2C1. The summed E-state index contributed by atoms with van der Waals surface area (Å²) < 4.78 is 0. The molecular formula is C16H20N6O. The number of aromatic nitrogens is 4. The maximum absolute atomic E-state index is 12.5. The lowest BCUT2D eigenvalue weighted by Gasteiger charge is -2.27. The summed E-state index contributed by atoms with van der Waals surface area (Å²) in [5, 5.41) is 15.1. The molecule has 0 spiro atoms. The van der Waals surface area contributed by atoms with Gasteiger partial charge in [-0.05, 0) is 38.4 Å². The molecule has 23 heavy (non-hydrogen) atoms. The zero-order valence-electron chi connectivity index (χ0n) is 13.0. The van der Waals surface area contributed by atoms with Gasteiger partial charge in [0.2, 0.25) is 0 Å². The van der Waals surface area contributed by atoms with Crippen LogP contribution in [0.3, 0.4) is 0 Å². The quantitative estimate of drug-likeness (QED) is 0.914. The molecule has 0 atom stereocenters. The minimum absolute atomic E-state index is 0.00115. The van der Waals surface area contributed by atoms with Crippen molar-refractivity contribution in [3.05, 3.63) is 41.0 Å². The molecule has 1 N–H and O–H groups in total. The molecule has 0 radical (unpaired) electrons. The van der Waals surface area contributed by atoms with Gasteiger partial charge in [-0.25, -0.2) is 0 Å². The lowest BCUT2D eigenvalue weighted by molar-refractivity contribution is 0.0731. The van der Waals surface area contributed by atoms with Crippen LogP contribution in [-0.2, 0) is 19.5 Å². The number of rotatable bonds is 3. The summed E-state index contributed by atoms with van der Waals surface area (Å²) in [5.74, 6) is 0.00115. The third-order valence-electron chi connectivity index (χ3n) is 4.71. The number of nitrogens with one attached hydrogen (secondary N) is 1. The van der Waals surface area contributed by atoms with Crippen molar-refractivity contribution in [1.82, 2.24) is 30.2 Å². The van der Waals surface area contributed by atoms with Gasteiger partial charge in [0.25, 0.3) is 5.91 Å². The van der Waals surface area contributed by atoms with Gasteiger partial charge in [-0.15, -0.1) is 0 Å². The summed E-state index contributed by atoms with van der Waals surface area (Å²) in [5.41, 5.74) is 4.11. The van der Waals surface area contributed by atoms with E-state index in [4.69, 9.17) is 0 Å². The van der Waals surface area contributed by atoms with Crippen LogP contribution in [0, 0.1) is 0 Å². The van der Waals surface area contributed by atoms with Crippen LogP contribution in [0.25, 0.3) is 0 Å². The van der Waals surface area contributed by atoms with Gasteiger partial charge in [0.1, 0.15) is 0 Å². The molecule has 1 amide bonds. The van der Waals surface area contributed by atoms with Crippen molar-refractivity contribution >= 4 is 5.91 Å². The summed E-state index contributed by atoms with van der Waals surface area (Å²) in [6.07, 6.45) is 6.50. The van der Waals surface area contributed by atoms with Crippen LogP contribution in [-0.4, -0.2) is 55.7 Å². The Morgan fingerprint density at radius 3 is 2.87 bits per heavy atom. The van der Waals surface area contributed by atoms with Crippen LogP contribution in [0.1, 0.15) is 40.2 Å². The monoisotopic (exact) mass is 312 g/mol. The van der Waals surface area contributed by atoms with Crippen LogP contribution in [0.4, 0.5) is 0 Å². The fourth-order valence-corrected chi connectivity index (χ4v) is 3.44. The zero-order chi connectivity index (χ0) is 15.6. The first-order chi connectivity index (χ1) is 11.3. The lowest BCUT2D eigenvalue weighted by atomic mass is 10.0. The van der Waals surface area contributed by atoms with Crippen LogP contribution in [0.15, 0.2) is 18.5 Å². The Bertz CT molecular complexity index is 692. The molecule has 2 aliphatic heterocycles. The minimum atomic E-state index is 0.00115. The number of hydrogen-bond acceptors (Lipinski definition) is 5. The second-order valence-electron chi connectivity index (χ2n) is 6.22. The average molecular weight is 312 g/mol. The predicted molar refractivity (Wildman–Crippen MR) is 83.6 cm³/mol. The Balaban J connectivity index is 1.47. The van der Waals surface area contributed by atoms with Gasteiger partial charge in [-0.3, -0.25) is 14.8 Å². The fraction of sp³-hybridized carbons (Fsp3) is 0.500. The Hall–Kier alpha value is -2.28. The average Bonchev–Trinajstić information content (AvgIpc) is 3.25. The first-order valence-corrected chi connectivity index (χ1v) is 8.14. The maximum atomic E-state index is 12.5. The summed E-state index contributed by atoms with van der Waals surface area (Å²) in [4.78, 5) is 16.8. The summed E-state index contributed by atoms with van der Waals surface area (Å²) in [6.45, 7) is 4.57. The van der Waals surface area contributed by atoms with Gasteiger partial charge in [-0.1, -0.05) is 0 Å². The summed E-state index contributed by atoms with van der Waals surface area (Å²) in [7, 11) is 0. The van der Waals surface area contributed by atoms with E-state index in [1.165, 1.54) is 37.7 Å². The second kappa shape index (κ2) is 6.08. The Labute approximate surface area is 134 Å². The number of H-pyrrole nitrogens is 1. The first-order valence-electron chi connectivity index (χ1n) is 8.14. The van der Waals surface area contributed by atoms with Crippen molar-refractivity contribution < 1.29 is 4.79 Å². The van der Waals surface area contributed by atoms with E-state index >= 15 is 0 Å². The van der Waals surface area contributed by atoms with Crippen LogP contribution in [0.2, 0.25) is 0 Å². The lowest BCUT2D eigenvalue weighted by Crippen LogP contribution is -2.36. The number of nitrogens with zero attached hydrogens (tertiary/aromatic N) is 5. The molecule has 120 valence electrons. The smallest absolute Gasteiger partial charge is 0.255 e. The normalized spacial score (nSPS) is 18.2. The van der Waals surface area contributed by atoms with Gasteiger partial charge in [0.15, 0.2) is 0 Å². The number of amides is 1. The highest BCUT2D eigenvalue weighted by Crippen LogP contribution is 2.23. The van der Waals surface area contributed by atoms with E-state index in [1.54, 1.807) is 12.3 Å². The van der Waals surface area contributed by atoms with E-state index in [0.29, 0.717) is 12.1 Å². The Morgan fingerprint density at radius 2 is 2.09 bits per heavy atom. The van der Waals surface area contributed by atoms with Crippen LogP contribution < -0.4 is 0 Å². The maximum Gasteiger partial charge on any atom is 0.255 e. The molecule has 1 fully saturated rings. The van der Waals surface area contributed by atoms with Gasteiger partial charge in [-0.2, -0.15) is 15.3 Å². The van der Waals surface area contributed by atoms with Crippen molar-refractivity contribution in [3.63, 3.8) is 0 Å². The van der Waals surface area contributed by atoms with Gasteiger partial charge >= 0.3 is 0 Å². The molecule has 0 aliphatic carbocycles. The molecule has 2 aromatic heterocycles. The number of hydrogen-bond donors (Lipinski definition) is 1. The van der Waals surface area contributed by atoms with E-state index in [0.717, 1.165) is 30.9 Å². The minimum Gasteiger partial charge on any atom is -0.332 e. The molecule has 0 aromatic carbocycles. The van der Waals surface area contributed by atoms with Crippen molar-refractivity contribution in [2.45, 2.75) is 32.4 Å². The predicted octanol–water partition coefficient (Wildman–Crippen LogP) is 0.994. The molecule has 2 aliphatic rings. The molecule has 0 saturated carbocycles. The van der Waals surface area contributed by atoms with E-state index in [9.17, 15) is 4.79 Å². The first kappa shape index (κ1) is 14.3. The molecule has 2 aromatic rings. The zero-order valence-corrected chi connectivity index (χ0v) is 13.0. The molecule has 4 rings (SSSR count). The Kier molecular flexibility index (Phi) is 3.78. The second-order valence-corrected chi connectivity index (χ2v) is 6.22. The van der Waals surface area contributed by atoms with Crippen molar-refractivity contribution in [2.75, 3.05) is 19.6 Å². The van der Waals surface area contributed by atoms with E-state index in [-0.39, 0.29) is 5.91 Å². The van der Waals surface area contributed by atoms with Crippen molar-refractivity contribution in [2.24, 2.45) is 0 Å². The molecule has 7 heteroatoms. The van der Waals surface area contributed by atoms with Gasteiger partial charge in [0, 0.05) is 18.7 Å². The van der Waals surface area contributed by atoms with Crippen molar-refractivity contribution in [3.8, 4) is 0 Å². The molecular weight excluding hydrogens is 292 g/mol. The van der Waals surface area contributed by atoms with Gasteiger partial charge < -0.3 is 4.90 Å². The van der Waals surface area contributed by atoms with Gasteiger partial charge in [0.05, 0.1) is 35.9 Å². The fourth-order valence-electron chi connectivity index (χ4n) is 3.44. The van der Waals surface area contributed by atoms with E-state index in [2.05, 4.69) is 25.3 Å². The van der Waals surface area contributed by atoms with Crippen LogP contribution >= 0.6 is 0 Å². The highest BCUT2D eigenvalue weighted by molar-refractivity contribution is 5.93. The molecule has 4 heterocycles. The number of carbonyl (C=O) groups is 1.